The molecule has 6 aromatic carbocycles. The molecular weight excluding hydrogens is 647 g/mol. The Labute approximate surface area is 302 Å². The summed E-state index contributed by atoms with van der Waals surface area (Å²) in [6.07, 6.45) is 1.22. The molecule has 0 aromatic heterocycles. The van der Waals surface area contributed by atoms with E-state index in [1.54, 1.807) is 12.1 Å². The van der Waals surface area contributed by atoms with Crippen LogP contribution in [0, 0.1) is 20.8 Å². The van der Waals surface area contributed by atoms with Gasteiger partial charge in [-0.05, 0) is 122 Å². The molecule has 0 radical (unpaired) electrons. The molecule has 4 nitrogen and oxygen atoms in total. The van der Waals surface area contributed by atoms with Gasteiger partial charge in [0.15, 0.2) is 0 Å². The lowest BCUT2D eigenvalue weighted by Gasteiger charge is -2.45. The van der Waals surface area contributed by atoms with Crippen LogP contribution in [0.3, 0.4) is 0 Å². The summed E-state index contributed by atoms with van der Waals surface area (Å²) in [4.78, 5) is 0. The molecule has 2 atom stereocenters. The zero-order chi connectivity index (χ0) is 36.0. The predicted molar refractivity (Wildman–Crippen MR) is 209 cm³/mol. The molecule has 1 N–H and O–H groups in total. The average molecular weight is 693 g/mol. The Morgan fingerprint density at radius 2 is 1.18 bits per heavy atom. The number of aromatic hydroxyl groups is 1. The molecule has 2 unspecified atom stereocenters. The lowest BCUT2D eigenvalue weighted by molar-refractivity contribution is 0.105. The number of aryl methyl sites for hydroxylation is 3. The Morgan fingerprint density at radius 3 is 1.76 bits per heavy atom. The molecule has 258 valence electrons. The van der Waals surface area contributed by atoms with Crippen molar-refractivity contribution in [3.05, 3.63) is 172 Å². The van der Waals surface area contributed by atoms with E-state index in [1.807, 2.05) is 66.7 Å². The zero-order valence-electron chi connectivity index (χ0n) is 30.2. The van der Waals surface area contributed by atoms with Crippen molar-refractivity contribution in [2.75, 3.05) is 0 Å². The third kappa shape index (κ3) is 6.06. The van der Waals surface area contributed by atoms with Crippen molar-refractivity contribution in [3.63, 3.8) is 0 Å². The summed E-state index contributed by atoms with van der Waals surface area (Å²) in [6, 6.07) is 44.2. The van der Waals surface area contributed by atoms with Crippen LogP contribution in [0.15, 0.2) is 133 Å². The van der Waals surface area contributed by atoms with E-state index in [-0.39, 0.29) is 11.4 Å². The first-order valence-electron chi connectivity index (χ1n) is 17.7. The summed E-state index contributed by atoms with van der Waals surface area (Å²) >= 11 is 0. The van der Waals surface area contributed by atoms with Gasteiger partial charge >= 0.3 is 0 Å². The second-order valence-corrected chi connectivity index (χ2v) is 17.4. The smallest absolute Gasteiger partial charge is 0.138 e. The molecule has 0 fully saturated rings. The van der Waals surface area contributed by atoms with Gasteiger partial charge in [0.05, 0.1) is 0 Å². The SMILES string of the molecule is CCC(C)(C)Oc1ccc(C(c2ccc(O)cc2)(c2ccc(Oc3c(C)cc(C)cc3C)cc2)P2(=O)Cc3ccccc3-c3ccccc32)cc1. The lowest BCUT2D eigenvalue weighted by atomic mass is 9.83. The Morgan fingerprint density at radius 1 is 0.667 bits per heavy atom. The van der Waals surface area contributed by atoms with Crippen LogP contribution in [-0.4, -0.2) is 10.7 Å². The van der Waals surface area contributed by atoms with E-state index in [0.29, 0.717) is 11.9 Å². The molecular formula is C46H45O4P. The summed E-state index contributed by atoms with van der Waals surface area (Å²) < 4.78 is 29.8. The highest BCUT2D eigenvalue weighted by Gasteiger charge is 2.55. The summed E-state index contributed by atoms with van der Waals surface area (Å²) in [5.41, 5.74) is 8.74. The normalized spacial score (nSPS) is 16.4. The number of hydrogen-bond acceptors (Lipinski definition) is 4. The van der Waals surface area contributed by atoms with E-state index < -0.39 is 12.3 Å². The molecule has 6 aromatic rings. The minimum Gasteiger partial charge on any atom is -0.508 e. The van der Waals surface area contributed by atoms with Crippen molar-refractivity contribution < 1.29 is 19.1 Å². The van der Waals surface area contributed by atoms with E-state index in [2.05, 4.69) is 96.1 Å². The van der Waals surface area contributed by atoms with E-state index in [4.69, 9.17) is 9.47 Å². The van der Waals surface area contributed by atoms with Crippen LogP contribution in [0.25, 0.3) is 11.1 Å². The summed E-state index contributed by atoms with van der Waals surface area (Å²) in [6.45, 7) is 12.5. The van der Waals surface area contributed by atoms with Crippen LogP contribution in [-0.2, 0) is 15.9 Å². The van der Waals surface area contributed by atoms with Crippen LogP contribution >= 0.6 is 7.14 Å². The molecule has 51 heavy (non-hydrogen) atoms. The van der Waals surface area contributed by atoms with Gasteiger partial charge in [-0.25, -0.2) is 0 Å². The van der Waals surface area contributed by atoms with Crippen LogP contribution in [0.4, 0.5) is 0 Å². The molecule has 0 bridgehead atoms. The topological polar surface area (TPSA) is 55.8 Å². The van der Waals surface area contributed by atoms with Crippen molar-refractivity contribution in [2.45, 2.75) is 64.9 Å². The summed E-state index contributed by atoms with van der Waals surface area (Å²) in [5, 5.41) is 10.2. The molecule has 1 aliphatic rings. The lowest BCUT2D eigenvalue weighted by Crippen LogP contribution is -2.36. The Kier molecular flexibility index (Phi) is 8.94. The monoisotopic (exact) mass is 692 g/mol. The second kappa shape index (κ2) is 13.2. The van der Waals surface area contributed by atoms with Crippen molar-refractivity contribution in [3.8, 4) is 34.1 Å². The van der Waals surface area contributed by atoms with E-state index in [0.717, 1.165) is 67.7 Å². The van der Waals surface area contributed by atoms with Crippen LogP contribution in [0.2, 0.25) is 0 Å². The van der Waals surface area contributed by atoms with Gasteiger partial charge in [0.25, 0.3) is 0 Å². The van der Waals surface area contributed by atoms with Crippen molar-refractivity contribution >= 4 is 12.4 Å². The molecule has 0 saturated heterocycles. The van der Waals surface area contributed by atoms with E-state index in [9.17, 15) is 5.11 Å². The van der Waals surface area contributed by atoms with Gasteiger partial charge in [0.2, 0.25) is 0 Å². The van der Waals surface area contributed by atoms with Gasteiger partial charge in [0, 0.05) is 11.5 Å². The molecule has 7 rings (SSSR count). The van der Waals surface area contributed by atoms with Crippen molar-refractivity contribution in [2.24, 2.45) is 0 Å². The van der Waals surface area contributed by atoms with Gasteiger partial charge in [-0.3, -0.25) is 0 Å². The number of phenolic OH excluding ortho intramolecular Hbond substituents is 1. The van der Waals surface area contributed by atoms with Gasteiger partial charge in [-0.2, -0.15) is 0 Å². The third-order valence-corrected chi connectivity index (χ3v) is 14.2. The zero-order valence-corrected chi connectivity index (χ0v) is 31.1. The largest absolute Gasteiger partial charge is 0.508 e. The quantitative estimate of drug-likeness (QED) is 0.121. The highest BCUT2D eigenvalue weighted by atomic mass is 31.2. The minimum atomic E-state index is -3.49. The number of rotatable bonds is 9. The Balaban J connectivity index is 1.49. The van der Waals surface area contributed by atoms with E-state index >= 15 is 4.57 Å². The third-order valence-electron chi connectivity index (χ3n) is 10.4. The minimum absolute atomic E-state index is 0.151. The average Bonchev–Trinajstić information content (AvgIpc) is 3.12. The van der Waals surface area contributed by atoms with Gasteiger partial charge in [-0.1, -0.05) is 110 Å². The first kappa shape index (κ1) is 34.4. The fourth-order valence-electron chi connectivity index (χ4n) is 7.76. The summed E-state index contributed by atoms with van der Waals surface area (Å²) in [7, 11) is -3.49. The highest BCUT2D eigenvalue weighted by molar-refractivity contribution is 7.73. The van der Waals surface area contributed by atoms with Crippen molar-refractivity contribution in [1.82, 2.24) is 0 Å². The molecule has 0 amide bonds. The molecule has 1 aliphatic heterocycles. The van der Waals surface area contributed by atoms with Gasteiger partial charge < -0.3 is 19.1 Å². The number of phenols is 1. The maximum absolute atomic E-state index is 16.9. The maximum atomic E-state index is 16.9. The first-order valence-corrected chi connectivity index (χ1v) is 19.6. The number of fused-ring (bicyclic) bond motifs is 3. The number of ether oxygens (including phenoxy) is 2. The molecule has 0 spiro atoms. The predicted octanol–water partition coefficient (Wildman–Crippen LogP) is 11.8. The molecule has 5 heteroatoms. The maximum Gasteiger partial charge on any atom is 0.138 e. The first-order chi connectivity index (χ1) is 24.4. The Hall–Kier alpha value is -5.05. The van der Waals surface area contributed by atoms with Crippen molar-refractivity contribution in [1.29, 1.82) is 0 Å². The van der Waals surface area contributed by atoms with Gasteiger partial charge in [-0.15, -0.1) is 0 Å². The summed E-state index contributed by atoms with van der Waals surface area (Å²) in [5.74, 6) is 2.45. The highest BCUT2D eigenvalue weighted by Crippen LogP contribution is 2.72. The molecule has 0 aliphatic carbocycles. The van der Waals surface area contributed by atoms with Crippen LogP contribution in [0.1, 0.15) is 66.1 Å². The number of benzene rings is 6. The second-order valence-electron chi connectivity index (χ2n) is 14.4. The van der Waals surface area contributed by atoms with Gasteiger partial charge in [0.1, 0.15) is 40.9 Å². The Bertz CT molecular complexity index is 2230. The number of hydrogen-bond donors (Lipinski definition) is 1. The molecule has 0 saturated carbocycles. The standard InChI is InChI=1S/C46H45O4P/c1-7-45(5,6)50-40-26-20-37(21-27-40)46(35-16-22-38(47)23-17-35,36-18-24-39(25-19-36)49-44-32(3)28-31(2)29-33(44)4)51(48)30-34-12-8-9-13-41(34)42-14-10-11-15-43(42)51/h8-29,47H,7,30H2,1-6H3. The fourth-order valence-corrected chi connectivity index (χ4v) is 11.9. The molecule has 1 heterocycles. The van der Waals surface area contributed by atoms with Crippen LogP contribution < -0.4 is 14.8 Å². The van der Waals surface area contributed by atoms with E-state index in [1.165, 1.54) is 5.56 Å². The van der Waals surface area contributed by atoms with Crippen LogP contribution in [0.5, 0.6) is 23.0 Å². The fraction of sp³-hybridized carbons (Fsp3) is 0.217.